The van der Waals surface area contributed by atoms with Gasteiger partial charge in [0.1, 0.15) is 17.7 Å². The fourth-order valence-corrected chi connectivity index (χ4v) is 4.95. The lowest BCUT2D eigenvalue weighted by Gasteiger charge is -2.43. The van der Waals surface area contributed by atoms with Crippen LogP contribution in [0, 0.1) is 11.6 Å². The summed E-state index contributed by atoms with van der Waals surface area (Å²) in [7, 11) is 4.47. The summed E-state index contributed by atoms with van der Waals surface area (Å²) in [6.45, 7) is 0. The molecule has 1 amide bonds. The van der Waals surface area contributed by atoms with Crippen LogP contribution in [0.1, 0.15) is 25.7 Å². The highest BCUT2D eigenvalue weighted by Crippen LogP contribution is 2.40. The van der Waals surface area contributed by atoms with Gasteiger partial charge < -0.3 is 26.2 Å². The molecule has 0 radical (unpaired) electrons. The number of nitrogens with one attached hydrogen (secondary N) is 1. The second-order valence-corrected chi connectivity index (χ2v) is 8.84. The number of amides is 1. The molecule has 2 aromatic carbocycles. The van der Waals surface area contributed by atoms with Crippen molar-refractivity contribution in [3.63, 3.8) is 0 Å². The summed E-state index contributed by atoms with van der Waals surface area (Å²) < 4.78 is 34.6. The van der Waals surface area contributed by atoms with Gasteiger partial charge in [-0.1, -0.05) is 29.8 Å². The highest BCUT2D eigenvalue weighted by atomic mass is 79.9. The van der Waals surface area contributed by atoms with Crippen molar-refractivity contribution in [2.45, 2.75) is 43.9 Å². The van der Waals surface area contributed by atoms with Crippen LogP contribution in [0.4, 0.5) is 19.3 Å². The zero-order valence-corrected chi connectivity index (χ0v) is 19.1. The molecule has 1 N–H and O–H groups in total. The molecule has 2 heterocycles. The molecule has 4 nitrogen and oxygen atoms in total. The van der Waals surface area contributed by atoms with Gasteiger partial charge in [-0.05, 0) is 23.8 Å². The Labute approximate surface area is 190 Å². The summed E-state index contributed by atoms with van der Waals surface area (Å²) in [4.78, 5) is 12.5. The van der Waals surface area contributed by atoms with Crippen LogP contribution >= 0.6 is 11.6 Å². The molecule has 2 aliphatic heterocycles. The van der Waals surface area contributed by atoms with Crippen LogP contribution in [0.15, 0.2) is 36.4 Å². The average molecular weight is 502 g/mol. The van der Waals surface area contributed by atoms with E-state index < -0.39 is 17.7 Å². The topological polar surface area (TPSA) is 38.3 Å². The smallest absolute Gasteiger partial charge is 0.412 e. The van der Waals surface area contributed by atoms with Gasteiger partial charge in [-0.25, -0.2) is 13.6 Å². The third-order valence-corrected chi connectivity index (χ3v) is 6.82. The van der Waals surface area contributed by atoms with E-state index in [1.54, 1.807) is 6.07 Å². The van der Waals surface area contributed by atoms with Gasteiger partial charge in [0, 0.05) is 31.2 Å². The molecule has 0 aliphatic carbocycles. The molecular formula is C22H24BrClF2N2O2. The van der Waals surface area contributed by atoms with Gasteiger partial charge in [-0.2, -0.15) is 0 Å². The number of quaternary nitrogens is 1. The number of para-hydroxylation sites is 1. The number of nitrogens with zero attached hydrogens (tertiary/aromatic N) is 1. The van der Waals surface area contributed by atoms with Crippen LogP contribution in [0.25, 0.3) is 11.1 Å². The largest absolute Gasteiger partial charge is 1.00 e. The number of piperidine rings is 1. The van der Waals surface area contributed by atoms with Crippen molar-refractivity contribution in [1.29, 1.82) is 0 Å². The van der Waals surface area contributed by atoms with E-state index in [1.807, 2.05) is 0 Å². The van der Waals surface area contributed by atoms with Crippen molar-refractivity contribution >= 4 is 23.4 Å². The number of halogens is 4. The summed E-state index contributed by atoms with van der Waals surface area (Å²) in [5.74, 6) is -1.16. The molecule has 8 heteroatoms. The molecule has 2 aromatic rings. The van der Waals surface area contributed by atoms with Crippen molar-refractivity contribution in [3.8, 4) is 11.1 Å². The molecule has 4 rings (SSSR count). The van der Waals surface area contributed by atoms with Crippen LogP contribution in [0.2, 0.25) is 5.02 Å². The van der Waals surface area contributed by atoms with Crippen molar-refractivity contribution in [2.75, 3.05) is 19.4 Å². The molecule has 2 saturated heterocycles. The van der Waals surface area contributed by atoms with Crippen LogP contribution in [0.5, 0.6) is 0 Å². The van der Waals surface area contributed by atoms with Gasteiger partial charge in [0.25, 0.3) is 0 Å². The number of benzene rings is 2. The maximum atomic E-state index is 14.5. The number of anilines is 1. The zero-order valence-electron chi connectivity index (χ0n) is 16.8. The first kappa shape index (κ1) is 23.0. The zero-order chi connectivity index (χ0) is 20.8. The maximum absolute atomic E-state index is 14.5. The van der Waals surface area contributed by atoms with Gasteiger partial charge >= 0.3 is 6.09 Å². The van der Waals surface area contributed by atoms with Crippen molar-refractivity contribution in [2.24, 2.45) is 0 Å². The average Bonchev–Trinajstić information content (AvgIpc) is 2.83. The number of hydrogen-bond acceptors (Lipinski definition) is 2. The Bertz CT molecular complexity index is 941. The van der Waals surface area contributed by atoms with E-state index in [4.69, 9.17) is 16.3 Å². The van der Waals surface area contributed by atoms with Crippen LogP contribution in [-0.4, -0.2) is 42.9 Å². The molecule has 0 saturated carbocycles. The van der Waals surface area contributed by atoms with E-state index in [2.05, 4.69) is 19.4 Å². The van der Waals surface area contributed by atoms with E-state index in [-0.39, 0.29) is 33.8 Å². The van der Waals surface area contributed by atoms with Gasteiger partial charge in [0.2, 0.25) is 0 Å². The third-order valence-electron chi connectivity index (χ3n) is 6.53. The minimum absolute atomic E-state index is 0. The second kappa shape index (κ2) is 8.81. The van der Waals surface area contributed by atoms with Crippen molar-refractivity contribution in [3.05, 3.63) is 53.1 Å². The summed E-state index contributed by atoms with van der Waals surface area (Å²) in [6, 6.07) is 9.49. The van der Waals surface area contributed by atoms with Crippen LogP contribution in [-0.2, 0) is 4.74 Å². The second-order valence-electron chi connectivity index (χ2n) is 8.43. The first-order chi connectivity index (χ1) is 13.8. The highest BCUT2D eigenvalue weighted by Gasteiger charge is 2.49. The summed E-state index contributed by atoms with van der Waals surface area (Å²) in [6.07, 6.45) is 3.06. The fourth-order valence-electron chi connectivity index (χ4n) is 4.77. The van der Waals surface area contributed by atoms with Crippen LogP contribution < -0.4 is 22.3 Å². The Kier molecular flexibility index (Phi) is 6.75. The normalized spacial score (nSPS) is 24.1. The molecular weight excluding hydrogens is 478 g/mol. The van der Waals surface area contributed by atoms with E-state index in [0.29, 0.717) is 23.2 Å². The predicted molar refractivity (Wildman–Crippen MR) is 109 cm³/mol. The number of fused-ring (bicyclic) bond motifs is 2. The standard InChI is InChI=1S/C22H23ClF2N2O2.BrH/c1-27(2)14-7-8-15(27)12-16(11-14)29-22(28)26-21-17(4-3-5-20(21)25)13-6-9-19(24)18(23)10-13;/h3-6,9-10,14-16H,7-8,11-12H2,1-2H3;1H/t14-,15+,16+;. The summed E-state index contributed by atoms with van der Waals surface area (Å²) in [5, 5.41) is 2.48. The summed E-state index contributed by atoms with van der Waals surface area (Å²) in [5.41, 5.74) is 0.904. The molecule has 2 fully saturated rings. The number of rotatable bonds is 3. The van der Waals surface area contributed by atoms with E-state index in [9.17, 15) is 13.6 Å². The monoisotopic (exact) mass is 500 g/mol. The molecule has 3 atom stereocenters. The number of ether oxygens (including phenoxy) is 1. The SMILES string of the molecule is C[N+]1(C)[C@@H]2CC[C@H]1C[C@@H](OC(=O)Nc1c(F)cccc1-c1ccc(F)c(Cl)c1)C2.[Br-]. The van der Waals surface area contributed by atoms with Gasteiger partial charge in [-0.15, -0.1) is 0 Å². The molecule has 0 unspecified atom stereocenters. The number of carbonyl (C=O) groups is 1. The highest BCUT2D eigenvalue weighted by molar-refractivity contribution is 6.31. The lowest BCUT2D eigenvalue weighted by molar-refractivity contribution is -0.931. The van der Waals surface area contributed by atoms with Crippen molar-refractivity contribution < 1.29 is 39.8 Å². The number of hydrogen-bond donors (Lipinski definition) is 1. The quantitative estimate of drug-likeness (QED) is 0.657. The Morgan fingerprint density at radius 2 is 1.77 bits per heavy atom. The predicted octanol–water partition coefficient (Wildman–Crippen LogP) is 2.61. The Morgan fingerprint density at radius 1 is 1.10 bits per heavy atom. The molecule has 2 bridgehead atoms. The van der Waals surface area contributed by atoms with Crippen molar-refractivity contribution in [1.82, 2.24) is 0 Å². The van der Waals surface area contributed by atoms with Gasteiger partial charge in [-0.3, -0.25) is 5.32 Å². The lowest BCUT2D eigenvalue weighted by Crippen LogP contribution is -3.00. The molecule has 162 valence electrons. The minimum atomic E-state index is -0.679. The van der Waals surface area contributed by atoms with E-state index >= 15 is 0 Å². The van der Waals surface area contributed by atoms with Crippen LogP contribution in [0.3, 0.4) is 0 Å². The number of carbonyl (C=O) groups excluding carboxylic acids is 1. The first-order valence-electron chi connectivity index (χ1n) is 9.80. The minimum Gasteiger partial charge on any atom is -1.00 e. The third kappa shape index (κ3) is 4.34. The Balaban J connectivity index is 0.00000256. The van der Waals surface area contributed by atoms with Gasteiger partial charge in [0.15, 0.2) is 0 Å². The molecule has 30 heavy (non-hydrogen) atoms. The first-order valence-corrected chi connectivity index (χ1v) is 10.2. The van der Waals surface area contributed by atoms with E-state index in [0.717, 1.165) is 30.2 Å². The Morgan fingerprint density at radius 3 is 2.40 bits per heavy atom. The van der Waals surface area contributed by atoms with E-state index in [1.165, 1.54) is 30.3 Å². The van der Waals surface area contributed by atoms with Gasteiger partial charge in [0.05, 0.1) is 36.9 Å². The maximum Gasteiger partial charge on any atom is 0.412 e. The molecule has 0 spiro atoms. The summed E-state index contributed by atoms with van der Waals surface area (Å²) >= 11 is 5.86. The molecule has 2 aliphatic rings. The lowest BCUT2D eigenvalue weighted by atomic mass is 9.98. The fraction of sp³-hybridized carbons (Fsp3) is 0.409. The Hall–Kier alpha value is -1.70. The molecule has 0 aromatic heterocycles.